The van der Waals surface area contributed by atoms with Gasteiger partial charge in [-0.2, -0.15) is 0 Å². The van der Waals surface area contributed by atoms with Gasteiger partial charge in [0.15, 0.2) is 0 Å². The van der Waals surface area contributed by atoms with Crippen LogP contribution < -0.4 is 4.90 Å². The minimum Gasteiger partial charge on any atom is -0.450 e. The number of aryl methyl sites for hydroxylation is 1. The molecule has 5 rings (SSSR count). The molecule has 0 aromatic carbocycles. The average molecular weight is 455 g/mol. The molecule has 33 heavy (non-hydrogen) atoms. The number of aromatic nitrogens is 3. The molecule has 0 unspecified atom stereocenters. The van der Waals surface area contributed by atoms with Gasteiger partial charge in [-0.3, -0.25) is 4.90 Å². The maximum Gasteiger partial charge on any atom is 0.409 e. The number of piperazine rings is 1. The Labute approximate surface area is 193 Å². The number of likely N-dealkylation sites (tertiary alicyclic amines) is 1. The van der Waals surface area contributed by atoms with E-state index in [0.29, 0.717) is 29.7 Å². The van der Waals surface area contributed by atoms with E-state index in [1.807, 2.05) is 18.7 Å². The van der Waals surface area contributed by atoms with E-state index in [1.54, 1.807) is 12.3 Å². The highest BCUT2D eigenvalue weighted by molar-refractivity contribution is 5.73. The van der Waals surface area contributed by atoms with E-state index in [4.69, 9.17) is 4.74 Å². The molecule has 2 aromatic rings. The number of carbonyl (C=O) groups excluding carboxylic acids is 1. The molecule has 4 heterocycles. The molecular weight excluding hydrogens is 423 g/mol. The lowest BCUT2D eigenvalue weighted by Gasteiger charge is -2.48. The lowest BCUT2D eigenvalue weighted by Crippen LogP contribution is -2.58. The summed E-state index contributed by atoms with van der Waals surface area (Å²) < 4.78 is 19.2. The number of anilines is 1. The van der Waals surface area contributed by atoms with Gasteiger partial charge < -0.3 is 14.5 Å². The Morgan fingerprint density at radius 3 is 2.76 bits per heavy atom. The van der Waals surface area contributed by atoms with Crippen LogP contribution in [0.4, 0.5) is 15.0 Å². The van der Waals surface area contributed by atoms with Gasteiger partial charge in [0.25, 0.3) is 0 Å². The van der Waals surface area contributed by atoms with Gasteiger partial charge in [0.2, 0.25) is 0 Å². The van der Waals surface area contributed by atoms with Crippen molar-refractivity contribution in [1.29, 1.82) is 0 Å². The maximum absolute atomic E-state index is 14.0. The molecule has 8 nitrogen and oxygen atoms in total. The summed E-state index contributed by atoms with van der Waals surface area (Å²) in [6.45, 7) is 9.33. The minimum atomic E-state index is -0.364. The quantitative estimate of drug-likeness (QED) is 0.703. The number of amides is 1. The summed E-state index contributed by atoms with van der Waals surface area (Å²) in [6, 6.07) is 3.88. The van der Waals surface area contributed by atoms with Gasteiger partial charge in [0, 0.05) is 62.5 Å². The SMILES string of the molecule is CCOC(=O)N1CC2(CC[C@@H](N3CCN(c4ncc(F)cc4-c4ccnc(C)n4)CC3)C2)C1. The number of rotatable bonds is 4. The second-order valence-electron chi connectivity index (χ2n) is 9.49. The second kappa shape index (κ2) is 8.85. The van der Waals surface area contributed by atoms with Crippen molar-refractivity contribution in [1.82, 2.24) is 24.8 Å². The molecule has 9 heteroatoms. The fourth-order valence-electron chi connectivity index (χ4n) is 5.66. The largest absolute Gasteiger partial charge is 0.450 e. The molecule has 1 amide bonds. The maximum atomic E-state index is 14.0. The zero-order valence-corrected chi connectivity index (χ0v) is 19.3. The van der Waals surface area contributed by atoms with Gasteiger partial charge in [-0.05, 0) is 45.2 Å². The zero-order chi connectivity index (χ0) is 23.0. The molecule has 3 aliphatic rings. The summed E-state index contributed by atoms with van der Waals surface area (Å²) in [5, 5.41) is 0. The van der Waals surface area contributed by atoms with Gasteiger partial charge in [-0.25, -0.2) is 24.1 Å². The van der Waals surface area contributed by atoms with Crippen molar-refractivity contribution in [3.05, 3.63) is 36.2 Å². The summed E-state index contributed by atoms with van der Waals surface area (Å²) in [4.78, 5) is 31.7. The van der Waals surface area contributed by atoms with Crippen LogP contribution in [0.15, 0.2) is 24.5 Å². The van der Waals surface area contributed by atoms with E-state index in [0.717, 1.165) is 51.5 Å². The molecule has 0 radical (unpaired) electrons. The van der Waals surface area contributed by atoms with Crippen molar-refractivity contribution in [3.63, 3.8) is 0 Å². The Hall–Kier alpha value is -2.81. The summed E-state index contributed by atoms with van der Waals surface area (Å²) in [5.74, 6) is 1.07. The van der Waals surface area contributed by atoms with E-state index in [-0.39, 0.29) is 17.3 Å². The highest BCUT2D eigenvalue weighted by atomic mass is 19.1. The Kier molecular flexibility index (Phi) is 5.90. The molecule has 0 bridgehead atoms. The molecule has 2 aliphatic heterocycles. The molecule has 176 valence electrons. The number of hydrogen-bond donors (Lipinski definition) is 0. The van der Waals surface area contributed by atoms with Crippen molar-refractivity contribution >= 4 is 11.9 Å². The summed E-state index contributed by atoms with van der Waals surface area (Å²) >= 11 is 0. The van der Waals surface area contributed by atoms with Crippen LogP contribution in [0.25, 0.3) is 11.3 Å². The molecule has 1 atom stereocenters. The molecule has 0 N–H and O–H groups in total. The number of nitrogens with zero attached hydrogens (tertiary/aromatic N) is 6. The van der Waals surface area contributed by atoms with Crippen molar-refractivity contribution in [2.45, 2.75) is 39.2 Å². The minimum absolute atomic E-state index is 0.179. The predicted octanol–water partition coefficient (Wildman–Crippen LogP) is 3.12. The molecule has 1 spiro atoms. The lowest BCUT2D eigenvalue weighted by molar-refractivity contribution is -0.00294. The van der Waals surface area contributed by atoms with E-state index >= 15 is 0 Å². The van der Waals surface area contributed by atoms with Crippen LogP contribution in [0.1, 0.15) is 32.0 Å². The Morgan fingerprint density at radius 1 is 1.24 bits per heavy atom. The van der Waals surface area contributed by atoms with E-state index in [9.17, 15) is 9.18 Å². The first-order valence-corrected chi connectivity index (χ1v) is 11.8. The molecular formula is C24H31FN6O2. The van der Waals surface area contributed by atoms with Gasteiger partial charge in [0.05, 0.1) is 18.5 Å². The van der Waals surface area contributed by atoms with Gasteiger partial charge >= 0.3 is 6.09 Å². The van der Waals surface area contributed by atoms with Crippen LogP contribution in [0.2, 0.25) is 0 Å². The number of pyridine rings is 1. The first-order valence-electron chi connectivity index (χ1n) is 11.8. The first-order chi connectivity index (χ1) is 16.0. The zero-order valence-electron chi connectivity index (χ0n) is 19.3. The number of hydrogen-bond acceptors (Lipinski definition) is 7. The summed E-state index contributed by atoms with van der Waals surface area (Å²) in [7, 11) is 0. The molecule has 3 fully saturated rings. The Morgan fingerprint density at radius 2 is 2.03 bits per heavy atom. The highest BCUT2D eigenvalue weighted by Gasteiger charge is 2.51. The van der Waals surface area contributed by atoms with Crippen LogP contribution in [-0.4, -0.2) is 82.8 Å². The van der Waals surface area contributed by atoms with Crippen LogP contribution >= 0.6 is 0 Å². The molecule has 1 aliphatic carbocycles. The standard InChI is InChI=1S/C24H31FN6O2/c1-3-33-23(32)31-15-24(16-31)6-4-19(13-24)29-8-10-30(11-9-29)22-20(12-18(25)14-27-22)21-5-7-26-17(2)28-21/h5,7,12,14,19H,3-4,6,8-11,13,15-16H2,1-2H3/t19-/m1/s1. The van der Waals surface area contributed by atoms with Gasteiger partial charge in [-0.1, -0.05) is 0 Å². The summed E-state index contributed by atoms with van der Waals surface area (Å²) in [5.41, 5.74) is 1.67. The average Bonchev–Trinajstić information content (AvgIpc) is 3.24. The molecule has 1 saturated carbocycles. The lowest BCUT2D eigenvalue weighted by atomic mass is 9.78. The van der Waals surface area contributed by atoms with Crippen LogP contribution in [0.3, 0.4) is 0 Å². The molecule has 2 saturated heterocycles. The number of carbonyl (C=O) groups is 1. The third-order valence-corrected chi connectivity index (χ3v) is 7.27. The topological polar surface area (TPSA) is 74.7 Å². The van der Waals surface area contributed by atoms with Gasteiger partial charge in [-0.15, -0.1) is 0 Å². The fraction of sp³-hybridized carbons (Fsp3) is 0.583. The van der Waals surface area contributed by atoms with Crippen molar-refractivity contribution in [3.8, 4) is 11.3 Å². The smallest absolute Gasteiger partial charge is 0.409 e. The van der Waals surface area contributed by atoms with Crippen LogP contribution in [0.5, 0.6) is 0 Å². The van der Waals surface area contributed by atoms with Crippen molar-refractivity contribution < 1.29 is 13.9 Å². The predicted molar refractivity (Wildman–Crippen MR) is 122 cm³/mol. The molecule has 2 aromatic heterocycles. The Balaban J connectivity index is 1.21. The van der Waals surface area contributed by atoms with Crippen LogP contribution in [0, 0.1) is 18.2 Å². The van der Waals surface area contributed by atoms with Gasteiger partial charge in [0.1, 0.15) is 17.5 Å². The monoisotopic (exact) mass is 454 g/mol. The van der Waals surface area contributed by atoms with Crippen molar-refractivity contribution in [2.75, 3.05) is 50.8 Å². The normalized spacial score (nSPS) is 22.5. The van der Waals surface area contributed by atoms with E-state index in [2.05, 4.69) is 24.8 Å². The van der Waals surface area contributed by atoms with Crippen molar-refractivity contribution in [2.24, 2.45) is 5.41 Å². The fourth-order valence-corrected chi connectivity index (χ4v) is 5.66. The number of ether oxygens (including phenoxy) is 1. The second-order valence-corrected chi connectivity index (χ2v) is 9.49. The summed E-state index contributed by atoms with van der Waals surface area (Å²) in [6.07, 6.45) is 6.29. The van der Waals surface area contributed by atoms with E-state index in [1.165, 1.54) is 25.1 Å². The third kappa shape index (κ3) is 4.38. The first kappa shape index (κ1) is 22.0. The van der Waals surface area contributed by atoms with E-state index < -0.39 is 0 Å². The highest BCUT2D eigenvalue weighted by Crippen LogP contribution is 2.47. The van der Waals surface area contributed by atoms with Crippen LogP contribution in [-0.2, 0) is 4.74 Å². The third-order valence-electron chi connectivity index (χ3n) is 7.27. The Bertz CT molecular complexity index is 1020. The number of halogens is 1.